The molecule has 2 aromatic rings. The second kappa shape index (κ2) is 3.57. The topological polar surface area (TPSA) is 52.3 Å². The molecule has 0 saturated carbocycles. The molecule has 0 atom stereocenters. The molecule has 0 bridgehead atoms. The monoisotopic (exact) mass is 203 g/mol. The molecule has 15 heavy (non-hydrogen) atoms. The van der Waals surface area contributed by atoms with Crippen molar-refractivity contribution in [2.24, 2.45) is 0 Å². The van der Waals surface area contributed by atoms with Crippen molar-refractivity contribution in [3.63, 3.8) is 0 Å². The first-order valence-electron chi connectivity index (χ1n) is 4.36. The summed E-state index contributed by atoms with van der Waals surface area (Å²) in [6.07, 6.45) is 1.39. The lowest BCUT2D eigenvalue weighted by molar-refractivity contribution is 0.415. The predicted molar refractivity (Wildman–Crippen MR) is 56.9 cm³/mol. The summed E-state index contributed by atoms with van der Waals surface area (Å²) in [5.74, 6) is 0.820. The van der Waals surface area contributed by atoms with Crippen LogP contribution in [0.4, 0.5) is 0 Å². The van der Waals surface area contributed by atoms with E-state index in [2.05, 4.69) is 11.6 Å². The van der Waals surface area contributed by atoms with Crippen LogP contribution in [0.5, 0.6) is 5.75 Å². The maximum absolute atomic E-state index is 11.5. The standard InChI is InChI=1S/C11H9NO3/c1-3-10-12-9-5-4-7(14-2)6-8(9)11(13)15-10/h3-6H,1H2,2H3. The molecule has 0 amide bonds. The average Bonchev–Trinajstić information content (AvgIpc) is 2.28. The Morgan fingerprint density at radius 3 is 3.00 bits per heavy atom. The number of hydrogen-bond donors (Lipinski definition) is 0. The van der Waals surface area contributed by atoms with Crippen LogP contribution in [0.2, 0.25) is 0 Å². The second-order valence-electron chi connectivity index (χ2n) is 2.93. The molecule has 0 saturated heterocycles. The van der Waals surface area contributed by atoms with E-state index in [0.717, 1.165) is 0 Å². The van der Waals surface area contributed by atoms with Gasteiger partial charge in [-0.3, -0.25) is 0 Å². The number of aromatic nitrogens is 1. The van der Waals surface area contributed by atoms with E-state index >= 15 is 0 Å². The number of benzene rings is 1. The minimum Gasteiger partial charge on any atom is -0.497 e. The molecular formula is C11H9NO3. The van der Waals surface area contributed by atoms with Crippen LogP contribution >= 0.6 is 0 Å². The Kier molecular flexibility index (Phi) is 2.25. The van der Waals surface area contributed by atoms with Crippen LogP contribution in [0.25, 0.3) is 17.0 Å². The van der Waals surface area contributed by atoms with E-state index in [9.17, 15) is 4.79 Å². The normalized spacial score (nSPS) is 10.2. The lowest BCUT2D eigenvalue weighted by Gasteiger charge is -2.00. The number of methoxy groups -OCH3 is 1. The maximum atomic E-state index is 11.5. The summed E-state index contributed by atoms with van der Waals surface area (Å²) in [5, 5.41) is 0.403. The summed E-state index contributed by atoms with van der Waals surface area (Å²) in [7, 11) is 1.54. The van der Waals surface area contributed by atoms with Crippen molar-refractivity contribution in [3.05, 3.63) is 41.1 Å². The zero-order valence-electron chi connectivity index (χ0n) is 8.19. The fourth-order valence-electron chi connectivity index (χ4n) is 1.28. The number of ether oxygens (including phenoxy) is 1. The lowest BCUT2D eigenvalue weighted by Crippen LogP contribution is -2.03. The first-order chi connectivity index (χ1) is 7.24. The third kappa shape index (κ3) is 1.61. The zero-order valence-corrected chi connectivity index (χ0v) is 8.19. The Morgan fingerprint density at radius 1 is 1.53 bits per heavy atom. The zero-order chi connectivity index (χ0) is 10.8. The Labute approximate surface area is 85.8 Å². The molecular weight excluding hydrogens is 194 g/mol. The Morgan fingerprint density at radius 2 is 2.33 bits per heavy atom. The largest absolute Gasteiger partial charge is 0.497 e. The van der Waals surface area contributed by atoms with Gasteiger partial charge in [0.05, 0.1) is 18.0 Å². The van der Waals surface area contributed by atoms with Crippen molar-refractivity contribution < 1.29 is 9.15 Å². The molecule has 0 radical (unpaired) electrons. The van der Waals surface area contributed by atoms with E-state index in [4.69, 9.17) is 9.15 Å². The van der Waals surface area contributed by atoms with Gasteiger partial charge in [-0.2, -0.15) is 0 Å². The van der Waals surface area contributed by atoms with Crippen LogP contribution in [0.1, 0.15) is 5.89 Å². The Hall–Kier alpha value is -2.10. The quantitative estimate of drug-likeness (QED) is 0.747. The molecule has 1 aromatic carbocycles. The molecule has 4 heteroatoms. The number of nitrogens with zero attached hydrogens (tertiary/aromatic N) is 1. The number of fused-ring (bicyclic) bond motifs is 1. The highest BCUT2D eigenvalue weighted by atomic mass is 16.5. The van der Waals surface area contributed by atoms with E-state index in [-0.39, 0.29) is 5.89 Å². The molecule has 1 aromatic heterocycles. The summed E-state index contributed by atoms with van der Waals surface area (Å²) in [6, 6.07) is 5.04. The van der Waals surface area contributed by atoms with E-state index < -0.39 is 5.63 Å². The van der Waals surface area contributed by atoms with Crippen molar-refractivity contribution in [2.75, 3.05) is 7.11 Å². The van der Waals surface area contributed by atoms with Gasteiger partial charge in [0, 0.05) is 0 Å². The maximum Gasteiger partial charge on any atom is 0.347 e. The molecule has 0 aliphatic carbocycles. The highest BCUT2D eigenvalue weighted by Crippen LogP contribution is 2.16. The van der Waals surface area contributed by atoms with Gasteiger partial charge in [0.25, 0.3) is 0 Å². The number of rotatable bonds is 2. The first kappa shape index (κ1) is 9.45. The van der Waals surface area contributed by atoms with Crippen molar-refractivity contribution >= 4 is 17.0 Å². The van der Waals surface area contributed by atoms with Gasteiger partial charge in [-0.1, -0.05) is 6.58 Å². The van der Waals surface area contributed by atoms with Crippen molar-refractivity contribution in [1.29, 1.82) is 0 Å². The second-order valence-corrected chi connectivity index (χ2v) is 2.93. The molecule has 0 aliphatic rings. The molecule has 4 nitrogen and oxygen atoms in total. The van der Waals surface area contributed by atoms with Gasteiger partial charge in [0.2, 0.25) is 5.89 Å². The van der Waals surface area contributed by atoms with Crippen molar-refractivity contribution in [3.8, 4) is 5.75 Å². The summed E-state index contributed by atoms with van der Waals surface area (Å²) in [6.45, 7) is 3.49. The van der Waals surface area contributed by atoms with Gasteiger partial charge in [-0.15, -0.1) is 0 Å². The van der Waals surface area contributed by atoms with Gasteiger partial charge in [-0.05, 0) is 24.3 Å². The third-order valence-electron chi connectivity index (χ3n) is 2.03. The van der Waals surface area contributed by atoms with E-state index in [1.54, 1.807) is 18.2 Å². The van der Waals surface area contributed by atoms with Crippen LogP contribution < -0.4 is 10.4 Å². The number of hydrogen-bond acceptors (Lipinski definition) is 4. The van der Waals surface area contributed by atoms with Gasteiger partial charge in [-0.25, -0.2) is 9.78 Å². The summed E-state index contributed by atoms with van der Waals surface area (Å²) in [5.41, 5.74) is 0.135. The molecule has 1 heterocycles. The third-order valence-corrected chi connectivity index (χ3v) is 2.03. The van der Waals surface area contributed by atoms with E-state index in [0.29, 0.717) is 16.7 Å². The highest BCUT2D eigenvalue weighted by Gasteiger charge is 2.05. The lowest BCUT2D eigenvalue weighted by atomic mass is 10.2. The van der Waals surface area contributed by atoms with Gasteiger partial charge < -0.3 is 9.15 Å². The van der Waals surface area contributed by atoms with Crippen LogP contribution in [-0.2, 0) is 0 Å². The summed E-state index contributed by atoms with van der Waals surface area (Å²) >= 11 is 0. The van der Waals surface area contributed by atoms with Gasteiger partial charge >= 0.3 is 5.63 Å². The SMILES string of the molecule is C=Cc1nc2ccc(OC)cc2c(=O)o1. The summed E-state index contributed by atoms with van der Waals surface area (Å²) < 4.78 is 9.90. The molecule has 2 rings (SSSR count). The Balaban J connectivity index is 2.79. The fraction of sp³-hybridized carbons (Fsp3) is 0.0909. The average molecular weight is 203 g/mol. The van der Waals surface area contributed by atoms with Crippen LogP contribution in [0.3, 0.4) is 0 Å². The van der Waals surface area contributed by atoms with Crippen molar-refractivity contribution in [2.45, 2.75) is 0 Å². The molecule has 0 fully saturated rings. The molecule has 0 N–H and O–H groups in total. The van der Waals surface area contributed by atoms with Crippen LogP contribution in [0, 0.1) is 0 Å². The first-order valence-corrected chi connectivity index (χ1v) is 4.36. The van der Waals surface area contributed by atoms with E-state index in [1.807, 2.05) is 0 Å². The van der Waals surface area contributed by atoms with E-state index in [1.165, 1.54) is 13.2 Å². The highest BCUT2D eigenvalue weighted by molar-refractivity contribution is 5.79. The smallest absolute Gasteiger partial charge is 0.347 e. The fourth-order valence-corrected chi connectivity index (χ4v) is 1.28. The van der Waals surface area contributed by atoms with Crippen LogP contribution in [0.15, 0.2) is 34.0 Å². The van der Waals surface area contributed by atoms with Gasteiger partial charge in [0.1, 0.15) is 5.75 Å². The van der Waals surface area contributed by atoms with Crippen molar-refractivity contribution in [1.82, 2.24) is 4.98 Å². The predicted octanol–water partition coefficient (Wildman–Crippen LogP) is 1.84. The summed E-state index contributed by atoms with van der Waals surface area (Å²) in [4.78, 5) is 15.6. The molecule has 0 spiro atoms. The van der Waals surface area contributed by atoms with Crippen LogP contribution in [-0.4, -0.2) is 12.1 Å². The molecule has 0 aliphatic heterocycles. The Bertz CT molecular complexity index is 572. The molecule has 76 valence electrons. The molecule has 0 unspecified atom stereocenters. The minimum atomic E-state index is -0.436. The minimum absolute atomic E-state index is 0.220. The van der Waals surface area contributed by atoms with Gasteiger partial charge in [0.15, 0.2) is 0 Å².